The summed E-state index contributed by atoms with van der Waals surface area (Å²) in [4.78, 5) is 0. The second-order valence-corrected chi connectivity index (χ2v) is 6.86. The van der Waals surface area contributed by atoms with Crippen molar-refractivity contribution in [3.05, 3.63) is 0 Å². The van der Waals surface area contributed by atoms with Crippen LogP contribution in [0.25, 0.3) is 0 Å². The first-order valence-corrected chi connectivity index (χ1v) is 8.58. The van der Waals surface area contributed by atoms with Crippen molar-refractivity contribution in [2.24, 2.45) is 0 Å². The Balaban J connectivity index is 7.63. The lowest BCUT2D eigenvalue weighted by molar-refractivity contribution is -0.362. The summed E-state index contributed by atoms with van der Waals surface area (Å²) in [5, 5.41) is 24.9. The van der Waals surface area contributed by atoms with E-state index in [1.807, 2.05) is 0 Å². The minimum atomic E-state index is -7.40. The fraction of sp³-hybridized carbons (Fsp3) is 0.750. The van der Waals surface area contributed by atoms with Crippen molar-refractivity contribution >= 4 is 8.60 Å². The molecule has 0 spiro atoms. The predicted molar refractivity (Wildman–Crippen MR) is 71.5 cm³/mol. The molecular formula is C12F18N3O3P. The largest absolute Gasteiger partial charge is 0.440 e. The van der Waals surface area contributed by atoms with Gasteiger partial charge in [-0.25, -0.2) is 0 Å². The Morgan fingerprint density at radius 2 is 0.486 bits per heavy atom. The van der Waals surface area contributed by atoms with E-state index in [0.717, 1.165) is 0 Å². The summed E-state index contributed by atoms with van der Waals surface area (Å²) in [6.07, 6.45) is -44.4. The van der Waals surface area contributed by atoms with E-state index < -0.39 is 80.7 Å². The van der Waals surface area contributed by atoms with E-state index in [4.69, 9.17) is 15.8 Å². The van der Waals surface area contributed by atoms with Crippen molar-refractivity contribution < 1.29 is 92.6 Å². The van der Waals surface area contributed by atoms with Crippen LogP contribution in [0.2, 0.25) is 0 Å². The number of hydrogen-bond acceptors (Lipinski definition) is 6. The number of alkyl halides is 18. The predicted octanol–water partition coefficient (Wildman–Crippen LogP) is 6.42. The summed E-state index contributed by atoms with van der Waals surface area (Å²) in [5.74, 6) is 0. The molecule has 212 valence electrons. The highest BCUT2D eigenvalue weighted by molar-refractivity contribution is 7.41. The summed E-state index contributed by atoms with van der Waals surface area (Å²) >= 11 is 0. The molecule has 0 saturated carbocycles. The smallest absolute Gasteiger partial charge is 0.272 e. The average molecular weight is 607 g/mol. The molecule has 0 aromatic heterocycles. The molecule has 0 saturated heterocycles. The van der Waals surface area contributed by atoms with Crippen LogP contribution in [0, 0.1) is 34.0 Å². The van der Waals surface area contributed by atoms with Crippen LogP contribution in [0.3, 0.4) is 0 Å². The molecule has 0 aliphatic heterocycles. The van der Waals surface area contributed by atoms with E-state index in [2.05, 4.69) is 13.6 Å². The van der Waals surface area contributed by atoms with Crippen molar-refractivity contribution in [1.82, 2.24) is 0 Å². The lowest BCUT2D eigenvalue weighted by Gasteiger charge is -2.39. The Labute approximate surface area is 190 Å². The van der Waals surface area contributed by atoms with Crippen LogP contribution in [-0.4, -0.2) is 53.9 Å². The highest BCUT2D eigenvalue weighted by Crippen LogP contribution is 2.63. The van der Waals surface area contributed by atoms with Crippen LogP contribution in [0.15, 0.2) is 0 Å². The topological polar surface area (TPSA) is 99.1 Å². The van der Waals surface area contributed by atoms with E-state index >= 15 is 0 Å². The molecule has 0 atom stereocenters. The van der Waals surface area contributed by atoms with E-state index in [-0.39, 0.29) is 0 Å². The SMILES string of the molecule is N#CC(OP(OC(C#N)(C(F)(F)F)C(F)(F)F)OC(C#N)(C(F)(F)F)C(F)(F)F)(C(F)(F)F)C(F)(F)F. The number of hydrogen-bond donors (Lipinski definition) is 0. The Morgan fingerprint density at radius 3 is 0.568 bits per heavy atom. The lowest BCUT2D eigenvalue weighted by Crippen LogP contribution is -2.61. The fourth-order valence-electron chi connectivity index (χ4n) is 1.63. The molecule has 0 heterocycles. The van der Waals surface area contributed by atoms with Gasteiger partial charge in [0, 0.05) is 0 Å². The standard InChI is InChI=1S/C12F18N3O3P/c13-7(14,15)4(1-31,8(16,17)18)34-37(35-5(2-32,9(19,20)21)10(22,23)24)36-6(3-33,11(25,26)27)12(28,29)30. The van der Waals surface area contributed by atoms with Gasteiger partial charge in [-0.15, -0.1) is 0 Å². The zero-order valence-corrected chi connectivity index (χ0v) is 16.7. The number of nitriles is 3. The van der Waals surface area contributed by atoms with Crippen LogP contribution in [0.5, 0.6) is 0 Å². The first-order chi connectivity index (χ1) is 16.0. The molecule has 0 fully saturated rings. The van der Waals surface area contributed by atoms with Crippen molar-refractivity contribution in [2.45, 2.75) is 53.9 Å². The lowest BCUT2D eigenvalue weighted by atomic mass is 10.1. The molecule has 0 rings (SSSR count). The minimum Gasteiger partial charge on any atom is -0.272 e. The van der Waals surface area contributed by atoms with Crippen molar-refractivity contribution in [3.63, 3.8) is 0 Å². The second kappa shape index (κ2) is 9.68. The van der Waals surface area contributed by atoms with E-state index in [1.165, 1.54) is 0 Å². The molecule has 0 aromatic carbocycles. The molecule has 0 unspecified atom stereocenters. The fourth-order valence-corrected chi connectivity index (χ4v) is 3.15. The third-order valence-electron chi connectivity index (χ3n) is 3.50. The average Bonchev–Trinajstić information content (AvgIpc) is 2.61. The molecule has 6 nitrogen and oxygen atoms in total. The summed E-state index contributed by atoms with van der Waals surface area (Å²) in [5.41, 5.74) is -20.5. The highest BCUT2D eigenvalue weighted by atomic mass is 31.2. The van der Waals surface area contributed by atoms with Crippen LogP contribution < -0.4 is 0 Å². The zero-order chi connectivity index (χ0) is 30.3. The summed E-state index contributed by atoms with van der Waals surface area (Å²) in [7, 11) is -6.72. The van der Waals surface area contributed by atoms with Gasteiger partial charge in [0.05, 0.1) is 0 Å². The first-order valence-electron chi connectivity index (χ1n) is 7.48. The number of halogens is 18. The quantitative estimate of drug-likeness (QED) is 0.255. The van der Waals surface area contributed by atoms with Crippen LogP contribution in [0.1, 0.15) is 0 Å². The summed E-state index contributed by atoms with van der Waals surface area (Å²) in [6, 6.07) is -2.76. The van der Waals surface area contributed by atoms with Gasteiger partial charge >= 0.3 is 62.5 Å². The first kappa shape index (κ1) is 34.5. The highest BCUT2D eigenvalue weighted by Gasteiger charge is 2.81. The van der Waals surface area contributed by atoms with Gasteiger partial charge in [-0.2, -0.15) is 94.8 Å². The maximum atomic E-state index is 13.0. The van der Waals surface area contributed by atoms with Gasteiger partial charge in [-0.1, -0.05) is 0 Å². The monoisotopic (exact) mass is 607 g/mol. The van der Waals surface area contributed by atoms with E-state index in [0.29, 0.717) is 0 Å². The molecule has 0 aliphatic carbocycles. The van der Waals surface area contributed by atoms with Gasteiger partial charge in [0.25, 0.3) is 0 Å². The second-order valence-electron chi connectivity index (χ2n) is 5.86. The molecule has 0 radical (unpaired) electrons. The Bertz CT molecular complexity index is 788. The maximum Gasteiger partial charge on any atom is 0.440 e. The Hall–Kier alpha value is -2.48. The number of nitrogens with zero attached hydrogens (tertiary/aromatic N) is 3. The molecule has 25 heteroatoms. The zero-order valence-electron chi connectivity index (χ0n) is 15.8. The van der Waals surface area contributed by atoms with Crippen LogP contribution in [0.4, 0.5) is 79.0 Å². The Kier molecular flexibility index (Phi) is 9.03. The maximum absolute atomic E-state index is 13.0. The van der Waals surface area contributed by atoms with Gasteiger partial charge in [-0.05, 0) is 0 Å². The van der Waals surface area contributed by atoms with Gasteiger partial charge in [0.2, 0.25) is 0 Å². The molecule has 0 bridgehead atoms. The van der Waals surface area contributed by atoms with Crippen LogP contribution >= 0.6 is 8.60 Å². The molecule has 0 aromatic rings. The van der Waals surface area contributed by atoms with E-state index in [9.17, 15) is 79.0 Å². The van der Waals surface area contributed by atoms with Gasteiger partial charge in [0.15, 0.2) is 0 Å². The molecule has 37 heavy (non-hydrogen) atoms. The third-order valence-corrected chi connectivity index (χ3v) is 4.77. The minimum absolute atomic E-state index is 0.918. The van der Waals surface area contributed by atoms with Crippen LogP contribution in [-0.2, 0) is 13.6 Å². The molecule has 0 N–H and O–H groups in total. The van der Waals surface area contributed by atoms with Crippen molar-refractivity contribution in [1.29, 1.82) is 15.8 Å². The van der Waals surface area contributed by atoms with Crippen molar-refractivity contribution in [2.75, 3.05) is 0 Å². The third kappa shape index (κ3) is 5.84. The molecular weight excluding hydrogens is 607 g/mol. The number of rotatable bonds is 6. The molecule has 0 amide bonds. The van der Waals surface area contributed by atoms with Gasteiger partial charge in [-0.3, -0.25) is 13.6 Å². The Morgan fingerprint density at radius 1 is 0.351 bits per heavy atom. The van der Waals surface area contributed by atoms with Gasteiger partial charge in [0.1, 0.15) is 18.2 Å². The normalized spacial score (nSPS) is 15.2. The molecule has 0 aliphatic rings. The van der Waals surface area contributed by atoms with E-state index in [1.54, 1.807) is 0 Å². The summed E-state index contributed by atoms with van der Waals surface area (Å²) in [6.45, 7) is 0. The van der Waals surface area contributed by atoms with Gasteiger partial charge < -0.3 is 0 Å². The summed E-state index contributed by atoms with van der Waals surface area (Å²) < 4.78 is 242. The van der Waals surface area contributed by atoms with Crippen molar-refractivity contribution in [3.8, 4) is 18.2 Å².